The van der Waals surface area contributed by atoms with Crippen LogP contribution in [0.1, 0.15) is 27.9 Å². The van der Waals surface area contributed by atoms with E-state index in [9.17, 15) is 4.79 Å². The summed E-state index contributed by atoms with van der Waals surface area (Å²) in [5, 5.41) is 6.85. The number of hydrogen-bond acceptors (Lipinski definition) is 4. The third-order valence-electron chi connectivity index (χ3n) is 4.40. The first-order chi connectivity index (χ1) is 14.3. The molecule has 144 valence electrons. The van der Waals surface area contributed by atoms with E-state index in [0.29, 0.717) is 23.6 Å². The zero-order valence-corrected chi connectivity index (χ0v) is 16.8. The monoisotopic (exact) mass is 400 g/mol. The molecule has 0 unspecified atom stereocenters. The van der Waals surface area contributed by atoms with Crippen LogP contribution in [0.3, 0.4) is 0 Å². The third kappa shape index (κ3) is 4.05. The molecule has 0 aliphatic carbocycles. The molecule has 0 aliphatic rings. The predicted octanol–water partition coefficient (Wildman–Crippen LogP) is 5.95. The van der Waals surface area contributed by atoms with Gasteiger partial charge in [0.2, 0.25) is 0 Å². The van der Waals surface area contributed by atoms with Gasteiger partial charge in [0.1, 0.15) is 11.3 Å². The number of para-hydroxylation sites is 1. The summed E-state index contributed by atoms with van der Waals surface area (Å²) in [5.41, 5.74) is 3.53. The van der Waals surface area contributed by atoms with Crippen molar-refractivity contribution in [3.63, 3.8) is 0 Å². The lowest BCUT2D eigenvalue weighted by molar-refractivity contribution is 0.0527. The molecule has 0 radical (unpaired) electrons. The Morgan fingerprint density at radius 1 is 1.00 bits per heavy atom. The van der Waals surface area contributed by atoms with Crippen LogP contribution in [0.25, 0.3) is 29.1 Å². The van der Waals surface area contributed by atoms with Crippen molar-refractivity contribution >= 4 is 29.5 Å². The lowest BCUT2D eigenvalue weighted by Gasteiger charge is -2.06. The van der Waals surface area contributed by atoms with Gasteiger partial charge in [0.15, 0.2) is 0 Å². The van der Waals surface area contributed by atoms with Gasteiger partial charge in [0, 0.05) is 10.4 Å². The van der Waals surface area contributed by atoms with Gasteiger partial charge in [-0.05, 0) is 42.7 Å². The molecule has 4 rings (SSSR count). The van der Waals surface area contributed by atoms with Crippen molar-refractivity contribution < 1.29 is 9.53 Å². The number of thiophene rings is 1. The van der Waals surface area contributed by atoms with Gasteiger partial charge < -0.3 is 4.74 Å². The minimum atomic E-state index is -0.376. The smallest absolute Gasteiger partial charge is 0.342 e. The normalized spacial score (nSPS) is 11.1. The number of hydrogen-bond donors (Lipinski definition) is 0. The molecule has 0 fully saturated rings. The van der Waals surface area contributed by atoms with Crippen molar-refractivity contribution in [3.05, 3.63) is 94.3 Å². The van der Waals surface area contributed by atoms with Crippen molar-refractivity contribution in [1.29, 1.82) is 0 Å². The van der Waals surface area contributed by atoms with Gasteiger partial charge in [-0.1, -0.05) is 54.6 Å². The molecular weight excluding hydrogens is 380 g/mol. The zero-order valence-electron chi connectivity index (χ0n) is 16.0. The highest BCUT2D eigenvalue weighted by molar-refractivity contribution is 7.10. The summed E-state index contributed by atoms with van der Waals surface area (Å²) in [5.74, 6) is -0.376. The molecule has 4 nitrogen and oxygen atoms in total. The van der Waals surface area contributed by atoms with Gasteiger partial charge in [-0.3, -0.25) is 0 Å². The second kappa shape index (κ2) is 8.71. The fourth-order valence-corrected chi connectivity index (χ4v) is 3.72. The van der Waals surface area contributed by atoms with Crippen LogP contribution in [0.5, 0.6) is 0 Å². The van der Waals surface area contributed by atoms with Crippen LogP contribution in [-0.2, 0) is 4.74 Å². The standard InChI is InChI=1S/C24H20N2O2S/c1-2-28-24(27)22-21(16-15-20-14-9-17-29-20)26(19-12-7-4-8-13-19)25-23(22)18-10-5-3-6-11-18/h3-17H,2H2,1H3/b16-15+. The number of aromatic nitrogens is 2. The molecule has 0 aliphatic heterocycles. The molecule has 2 aromatic carbocycles. The Morgan fingerprint density at radius 2 is 1.72 bits per heavy atom. The second-order valence-corrected chi connectivity index (χ2v) is 7.27. The SMILES string of the molecule is CCOC(=O)c1c(-c2ccccc2)nn(-c2ccccc2)c1/C=C/c1cccs1. The van der Waals surface area contributed by atoms with Gasteiger partial charge in [-0.2, -0.15) is 5.10 Å². The topological polar surface area (TPSA) is 44.1 Å². The van der Waals surface area contributed by atoms with Crippen molar-refractivity contribution in [2.24, 2.45) is 0 Å². The van der Waals surface area contributed by atoms with Gasteiger partial charge in [0.05, 0.1) is 18.0 Å². The Balaban J connectivity index is 1.95. The minimum absolute atomic E-state index is 0.303. The van der Waals surface area contributed by atoms with E-state index < -0.39 is 0 Å². The van der Waals surface area contributed by atoms with E-state index in [1.54, 1.807) is 16.0 Å². The summed E-state index contributed by atoms with van der Waals surface area (Å²) < 4.78 is 7.20. The molecule has 4 aromatic rings. The van der Waals surface area contributed by atoms with E-state index in [4.69, 9.17) is 9.84 Å². The number of ether oxygens (including phenoxy) is 1. The largest absolute Gasteiger partial charge is 0.462 e. The lowest BCUT2D eigenvalue weighted by Crippen LogP contribution is -2.08. The van der Waals surface area contributed by atoms with Crippen LogP contribution in [-0.4, -0.2) is 22.4 Å². The lowest BCUT2D eigenvalue weighted by atomic mass is 10.1. The van der Waals surface area contributed by atoms with Gasteiger partial charge in [0.25, 0.3) is 0 Å². The van der Waals surface area contributed by atoms with E-state index in [0.717, 1.165) is 16.1 Å². The molecule has 29 heavy (non-hydrogen) atoms. The first-order valence-electron chi connectivity index (χ1n) is 9.40. The Morgan fingerprint density at radius 3 is 2.38 bits per heavy atom. The maximum absolute atomic E-state index is 13.0. The third-order valence-corrected chi connectivity index (χ3v) is 5.23. The van der Waals surface area contributed by atoms with E-state index in [-0.39, 0.29) is 5.97 Å². The molecule has 2 heterocycles. The molecule has 0 spiro atoms. The highest BCUT2D eigenvalue weighted by Crippen LogP contribution is 2.30. The highest BCUT2D eigenvalue weighted by Gasteiger charge is 2.25. The molecule has 0 atom stereocenters. The van der Waals surface area contributed by atoms with Crippen LogP contribution in [0, 0.1) is 0 Å². The van der Waals surface area contributed by atoms with Gasteiger partial charge >= 0.3 is 5.97 Å². The van der Waals surface area contributed by atoms with Crippen LogP contribution in [0.15, 0.2) is 78.2 Å². The average Bonchev–Trinajstić information content (AvgIpc) is 3.41. The van der Waals surface area contributed by atoms with E-state index in [1.165, 1.54) is 0 Å². The molecule has 0 amide bonds. The number of benzene rings is 2. The summed E-state index contributed by atoms with van der Waals surface area (Å²) >= 11 is 1.64. The molecule has 0 N–H and O–H groups in total. The summed E-state index contributed by atoms with van der Waals surface area (Å²) in [4.78, 5) is 14.1. The van der Waals surface area contributed by atoms with Crippen molar-refractivity contribution in [1.82, 2.24) is 9.78 Å². The Bertz CT molecular complexity index is 1110. The van der Waals surface area contributed by atoms with E-state index >= 15 is 0 Å². The maximum Gasteiger partial charge on any atom is 0.342 e. The Labute approximate surface area is 173 Å². The number of carbonyl (C=O) groups excluding carboxylic acids is 1. The Hall–Kier alpha value is -3.44. The van der Waals surface area contributed by atoms with Crippen LogP contribution in [0.2, 0.25) is 0 Å². The van der Waals surface area contributed by atoms with Crippen LogP contribution < -0.4 is 0 Å². The summed E-state index contributed by atoms with van der Waals surface area (Å²) in [6.45, 7) is 2.11. The van der Waals surface area contributed by atoms with Crippen molar-refractivity contribution in [3.8, 4) is 16.9 Å². The summed E-state index contributed by atoms with van der Waals surface area (Å²) in [7, 11) is 0. The second-order valence-electron chi connectivity index (χ2n) is 6.29. The van der Waals surface area contributed by atoms with Gasteiger partial charge in [-0.15, -0.1) is 11.3 Å². The predicted molar refractivity (Wildman–Crippen MR) is 118 cm³/mol. The average molecular weight is 401 g/mol. The van der Waals surface area contributed by atoms with Crippen molar-refractivity contribution in [2.45, 2.75) is 6.92 Å². The van der Waals surface area contributed by atoms with E-state index in [2.05, 4.69) is 0 Å². The molecule has 2 aromatic heterocycles. The summed E-state index contributed by atoms with van der Waals surface area (Å²) in [6.07, 6.45) is 3.93. The molecule has 0 saturated carbocycles. The molecular formula is C24H20N2O2S. The quantitative estimate of drug-likeness (QED) is 0.376. The Kier molecular flexibility index (Phi) is 5.68. The minimum Gasteiger partial charge on any atom is -0.462 e. The number of nitrogens with zero attached hydrogens (tertiary/aromatic N) is 2. The summed E-state index contributed by atoms with van der Waals surface area (Å²) in [6, 6.07) is 23.6. The highest BCUT2D eigenvalue weighted by atomic mass is 32.1. The van der Waals surface area contributed by atoms with Crippen molar-refractivity contribution in [2.75, 3.05) is 6.61 Å². The number of rotatable bonds is 6. The first kappa shape index (κ1) is 18.9. The molecule has 5 heteroatoms. The van der Waals surface area contributed by atoms with Crippen LogP contribution in [0.4, 0.5) is 0 Å². The molecule has 0 saturated heterocycles. The fourth-order valence-electron chi connectivity index (χ4n) is 3.10. The fraction of sp³-hybridized carbons (Fsp3) is 0.0833. The number of carbonyl (C=O) groups is 1. The van der Waals surface area contributed by atoms with E-state index in [1.807, 2.05) is 97.3 Å². The van der Waals surface area contributed by atoms with Gasteiger partial charge in [-0.25, -0.2) is 9.48 Å². The first-order valence-corrected chi connectivity index (χ1v) is 10.3. The molecule has 0 bridgehead atoms. The maximum atomic E-state index is 13.0. The zero-order chi connectivity index (χ0) is 20.1. The van der Waals surface area contributed by atoms with Crippen LogP contribution >= 0.6 is 11.3 Å². The number of esters is 1.